The first-order valence-corrected chi connectivity index (χ1v) is 7.86. The van der Waals surface area contributed by atoms with E-state index in [1.54, 1.807) is 0 Å². The van der Waals surface area contributed by atoms with Crippen molar-refractivity contribution in [3.05, 3.63) is 0 Å². The second-order valence-electron chi connectivity index (χ2n) is 6.61. The number of carboxylic acids is 1. The van der Waals surface area contributed by atoms with Crippen LogP contribution in [-0.2, 0) is 4.79 Å². The Morgan fingerprint density at radius 2 is 1.76 bits per heavy atom. The van der Waals surface area contributed by atoms with Gasteiger partial charge in [0.1, 0.15) is 0 Å². The van der Waals surface area contributed by atoms with Crippen molar-refractivity contribution in [1.29, 1.82) is 0 Å². The number of urea groups is 1. The average molecular weight is 297 g/mol. The van der Waals surface area contributed by atoms with Crippen molar-refractivity contribution in [3.8, 4) is 0 Å². The molecule has 0 aliphatic carbocycles. The number of aliphatic carboxylic acids is 1. The third-order valence-corrected chi connectivity index (χ3v) is 4.72. The first-order chi connectivity index (χ1) is 9.95. The maximum atomic E-state index is 12.4. The Kier molecular flexibility index (Phi) is 5.45. The molecule has 6 nitrogen and oxygen atoms in total. The largest absolute Gasteiger partial charge is 0.481 e. The minimum absolute atomic E-state index is 0.0572. The maximum absolute atomic E-state index is 12.4. The van der Waals surface area contributed by atoms with E-state index in [0.717, 1.165) is 38.9 Å². The van der Waals surface area contributed by atoms with Gasteiger partial charge in [-0.3, -0.25) is 4.79 Å². The molecule has 1 unspecified atom stereocenters. The number of amides is 2. The standard InChI is InChI=1S/C15H27N3O3/c1-16-6-3-12(4-7-16)10-17(2)15(21)18-8-5-13(11-18)9-14(19)20/h12-13H,3-11H2,1-2H3,(H,19,20). The highest BCUT2D eigenvalue weighted by molar-refractivity contribution is 5.74. The van der Waals surface area contributed by atoms with Gasteiger partial charge in [-0.05, 0) is 51.2 Å². The van der Waals surface area contributed by atoms with Gasteiger partial charge >= 0.3 is 12.0 Å². The quantitative estimate of drug-likeness (QED) is 0.846. The number of nitrogens with zero attached hydrogens (tertiary/aromatic N) is 3. The molecule has 0 radical (unpaired) electrons. The first kappa shape index (κ1) is 16.1. The van der Waals surface area contributed by atoms with Gasteiger partial charge in [0, 0.05) is 33.1 Å². The molecule has 2 aliphatic heterocycles. The van der Waals surface area contributed by atoms with Crippen LogP contribution in [0.4, 0.5) is 4.79 Å². The molecular formula is C15H27N3O3. The molecule has 0 bridgehead atoms. The molecular weight excluding hydrogens is 270 g/mol. The van der Waals surface area contributed by atoms with E-state index in [1.165, 1.54) is 0 Å². The van der Waals surface area contributed by atoms with Crippen LogP contribution in [0.3, 0.4) is 0 Å². The summed E-state index contributed by atoms with van der Waals surface area (Å²) in [6.07, 6.45) is 3.27. The number of hydrogen-bond acceptors (Lipinski definition) is 3. The van der Waals surface area contributed by atoms with Gasteiger partial charge < -0.3 is 19.8 Å². The molecule has 2 fully saturated rings. The summed E-state index contributed by atoms with van der Waals surface area (Å²) in [7, 11) is 4.00. The monoisotopic (exact) mass is 297 g/mol. The summed E-state index contributed by atoms with van der Waals surface area (Å²) in [5.41, 5.74) is 0. The Balaban J connectivity index is 1.76. The molecule has 2 rings (SSSR count). The van der Waals surface area contributed by atoms with Crippen molar-refractivity contribution in [2.45, 2.75) is 25.7 Å². The minimum atomic E-state index is -0.769. The average Bonchev–Trinajstić information content (AvgIpc) is 2.88. The molecule has 21 heavy (non-hydrogen) atoms. The van der Waals surface area contributed by atoms with Gasteiger partial charge in [-0.25, -0.2) is 4.79 Å². The molecule has 2 amide bonds. The first-order valence-electron chi connectivity index (χ1n) is 7.86. The van der Waals surface area contributed by atoms with Gasteiger partial charge in [0.25, 0.3) is 0 Å². The van der Waals surface area contributed by atoms with Crippen molar-refractivity contribution in [2.24, 2.45) is 11.8 Å². The van der Waals surface area contributed by atoms with Crippen LogP contribution in [0.5, 0.6) is 0 Å². The van der Waals surface area contributed by atoms with E-state index in [-0.39, 0.29) is 18.4 Å². The van der Waals surface area contributed by atoms with E-state index in [4.69, 9.17) is 5.11 Å². The predicted molar refractivity (Wildman–Crippen MR) is 80.2 cm³/mol. The molecule has 1 N–H and O–H groups in total. The lowest BCUT2D eigenvalue weighted by Crippen LogP contribution is -2.43. The summed E-state index contributed by atoms with van der Waals surface area (Å²) in [5.74, 6) is -0.0651. The Bertz CT molecular complexity index is 380. The van der Waals surface area contributed by atoms with Gasteiger partial charge in [-0.2, -0.15) is 0 Å². The van der Waals surface area contributed by atoms with Gasteiger partial charge in [-0.15, -0.1) is 0 Å². The lowest BCUT2D eigenvalue weighted by atomic mass is 9.97. The predicted octanol–water partition coefficient (Wildman–Crippen LogP) is 1.18. The SMILES string of the molecule is CN1CCC(CN(C)C(=O)N2CCC(CC(=O)O)C2)CC1. The molecule has 2 saturated heterocycles. The van der Waals surface area contributed by atoms with Gasteiger partial charge in [-0.1, -0.05) is 0 Å². The number of hydrogen-bond donors (Lipinski definition) is 1. The lowest BCUT2D eigenvalue weighted by molar-refractivity contribution is -0.138. The topological polar surface area (TPSA) is 64.1 Å². The van der Waals surface area contributed by atoms with Crippen molar-refractivity contribution >= 4 is 12.0 Å². The van der Waals surface area contributed by atoms with Gasteiger partial charge in [0.15, 0.2) is 0 Å². The van der Waals surface area contributed by atoms with Crippen LogP contribution < -0.4 is 0 Å². The molecule has 0 saturated carbocycles. The number of likely N-dealkylation sites (tertiary alicyclic amines) is 2. The van der Waals surface area contributed by atoms with Crippen molar-refractivity contribution in [2.75, 3.05) is 46.8 Å². The minimum Gasteiger partial charge on any atom is -0.481 e. The van der Waals surface area contributed by atoms with Crippen LogP contribution in [0, 0.1) is 11.8 Å². The Hall–Kier alpha value is -1.30. The summed E-state index contributed by atoms with van der Waals surface area (Å²) >= 11 is 0. The third-order valence-electron chi connectivity index (χ3n) is 4.72. The number of piperidine rings is 1. The molecule has 2 heterocycles. The van der Waals surface area contributed by atoms with Gasteiger partial charge in [0.05, 0.1) is 0 Å². The molecule has 0 spiro atoms. The summed E-state index contributed by atoms with van der Waals surface area (Å²) < 4.78 is 0. The summed E-state index contributed by atoms with van der Waals surface area (Å²) in [5, 5.41) is 8.83. The van der Waals surface area contributed by atoms with Crippen molar-refractivity contribution < 1.29 is 14.7 Å². The zero-order valence-electron chi connectivity index (χ0n) is 13.1. The van der Waals surface area contributed by atoms with E-state index in [2.05, 4.69) is 11.9 Å². The summed E-state index contributed by atoms with van der Waals surface area (Å²) in [4.78, 5) is 29.1. The van der Waals surface area contributed by atoms with Gasteiger partial charge in [0.2, 0.25) is 0 Å². The molecule has 2 aliphatic rings. The number of carbonyl (C=O) groups is 2. The molecule has 1 atom stereocenters. The second-order valence-corrected chi connectivity index (χ2v) is 6.61. The number of rotatable bonds is 4. The smallest absolute Gasteiger partial charge is 0.319 e. The van der Waals surface area contributed by atoms with E-state index in [1.807, 2.05) is 16.8 Å². The fourth-order valence-electron chi connectivity index (χ4n) is 3.37. The molecule has 0 aromatic heterocycles. The lowest BCUT2D eigenvalue weighted by Gasteiger charge is -2.33. The normalized spacial score (nSPS) is 24.3. The van der Waals surface area contributed by atoms with Crippen molar-refractivity contribution in [3.63, 3.8) is 0 Å². The van der Waals surface area contributed by atoms with E-state index in [9.17, 15) is 9.59 Å². The van der Waals surface area contributed by atoms with Crippen LogP contribution >= 0.6 is 0 Å². The fourth-order valence-corrected chi connectivity index (χ4v) is 3.37. The highest BCUT2D eigenvalue weighted by atomic mass is 16.4. The Morgan fingerprint density at radius 1 is 1.14 bits per heavy atom. The molecule has 0 aromatic rings. The van der Waals surface area contributed by atoms with Crippen LogP contribution in [0.2, 0.25) is 0 Å². The van der Waals surface area contributed by atoms with Crippen LogP contribution in [0.15, 0.2) is 0 Å². The third kappa shape index (κ3) is 4.59. The van der Waals surface area contributed by atoms with E-state index in [0.29, 0.717) is 19.0 Å². The summed E-state index contributed by atoms with van der Waals surface area (Å²) in [6, 6.07) is 0.0572. The second kappa shape index (κ2) is 7.11. The molecule has 6 heteroatoms. The number of carboxylic acid groups (broad SMARTS) is 1. The highest BCUT2D eigenvalue weighted by Crippen LogP contribution is 2.22. The van der Waals surface area contributed by atoms with E-state index < -0.39 is 5.97 Å². The maximum Gasteiger partial charge on any atom is 0.319 e. The molecule has 120 valence electrons. The fraction of sp³-hybridized carbons (Fsp3) is 0.867. The van der Waals surface area contributed by atoms with Crippen LogP contribution in [-0.4, -0.2) is 78.6 Å². The Morgan fingerprint density at radius 3 is 2.38 bits per heavy atom. The molecule has 0 aromatic carbocycles. The number of carbonyl (C=O) groups excluding carboxylic acids is 1. The van der Waals surface area contributed by atoms with Crippen molar-refractivity contribution in [1.82, 2.24) is 14.7 Å². The van der Waals surface area contributed by atoms with E-state index >= 15 is 0 Å². The summed E-state index contributed by atoms with van der Waals surface area (Å²) in [6.45, 7) is 4.30. The van der Waals surface area contributed by atoms with Crippen LogP contribution in [0.25, 0.3) is 0 Å². The van der Waals surface area contributed by atoms with Crippen LogP contribution in [0.1, 0.15) is 25.7 Å². The Labute approximate surface area is 126 Å². The zero-order chi connectivity index (χ0) is 15.4. The highest BCUT2D eigenvalue weighted by Gasteiger charge is 2.30. The zero-order valence-corrected chi connectivity index (χ0v) is 13.1.